The van der Waals surface area contributed by atoms with Crippen molar-refractivity contribution in [3.8, 4) is 0 Å². The molecule has 0 atom stereocenters. The molecule has 7 rings (SSSR count). The molecule has 3 aromatic rings. The van der Waals surface area contributed by atoms with E-state index >= 15 is 0 Å². The van der Waals surface area contributed by atoms with Crippen molar-refractivity contribution < 1.29 is 0 Å². The third-order valence-electron chi connectivity index (χ3n) is 8.36. The van der Waals surface area contributed by atoms with E-state index in [1.165, 1.54) is 53.6 Å². The van der Waals surface area contributed by atoms with E-state index in [-0.39, 0.29) is 0 Å². The predicted octanol–water partition coefficient (Wildman–Crippen LogP) is 6.12. The van der Waals surface area contributed by atoms with Crippen molar-refractivity contribution in [3.05, 3.63) is 54.6 Å². The molecule has 3 heteroatoms. The van der Waals surface area contributed by atoms with Gasteiger partial charge in [0.2, 0.25) is 0 Å². The summed E-state index contributed by atoms with van der Waals surface area (Å²) in [6, 6.07) is 20.1. The summed E-state index contributed by atoms with van der Waals surface area (Å²) in [5.41, 5.74) is 1.12. The van der Waals surface area contributed by atoms with Crippen molar-refractivity contribution in [2.45, 2.75) is 38.1 Å². The van der Waals surface area contributed by atoms with Gasteiger partial charge in [0.25, 0.3) is 0 Å². The predicted molar refractivity (Wildman–Crippen MR) is 126 cm³/mol. The molecular weight excluding hydrogens is 366 g/mol. The molecule has 0 heterocycles. The van der Waals surface area contributed by atoms with Gasteiger partial charge in [0.15, 0.2) is 5.96 Å². The maximum absolute atomic E-state index is 9.11. The van der Waals surface area contributed by atoms with Crippen LogP contribution in [0, 0.1) is 29.1 Å². The van der Waals surface area contributed by atoms with Gasteiger partial charge in [-0.15, -0.1) is 0 Å². The molecule has 0 saturated heterocycles. The van der Waals surface area contributed by atoms with Gasteiger partial charge in [0, 0.05) is 25.5 Å². The topological polar surface area (TPSA) is 30.3 Å². The molecule has 0 aliphatic heterocycles. The number of nitrogens with one attached hydrogen (secondary N) is 1. The van der Waals surface area contributed by atoms with Crippen LogP contribution in [0.4, 0.5) is 5.69 Å². The molecule has 0 amide bonds. The molecule has 0 radical (unpaired) electrons. The van der Waals surface area contributed by atoms with Crippen molar-refractivity contribution in [3.63, 3.8) is 0 Å². The number of guanidine groups is 1. The van der Waals surface area contributed by atoms with Gasteiger partial charge >= 0.3 is 0 Å². The third-order valence-corrected chi connectivity index (χ3v) is 8.36. The van der Waals surface area contributed by atoms with Crippen LogP contribution in [0.15, 0.2) is 54.6 Å². The maximum atomic E-state index is 9.11. The second-order valence-electron chi connectivity index (χ2n) is 10.1. The first-order chi connectivity index (χ1) is 14.6. The minimum absolute atomic E-state index is 0.545. The number of hydrogen-bond acceptors (Lipinski definition) is 1. The van der Waals surface area contributed by atoms with Gasteiger partial charge in [-0.3, -0.25) is 5.41 Å². The molecule has 154 valence electrons. The number of fused-ring (bicyclic) bond motifs is 2. The molecule has 1 N–H and O–H groups in total. The summed E-state index contributed by atoms with van der Waals surface area (Å²) in [5, 5.41) is 14.1. The van der Waals surface area contributed by atoms with E-state index < -0.39 is 0 Å². The van der Waals surface area contributed by atoms with Gasteiger partial charge in [-0.2, -0.15) is 0 Å². The lowest BCUT2D eigenvalue weighted by Gasteiger charge is -2.57. The Morgan fingerprint density at radius 1 is 0.767 bits per heavy atom. The molecule has 4 aliphatic rings. The molecule has 4 bridgehead atoms. The highest BCUT2D eigenvalue weighted by atomic mass is 15.4. The normalized spacial score (nSPS) is 29.5. The first kappa shape index (κ1) is 18.2. The number of benzene rings is 3. The van der Waals surface area contributed by atoms with Crippen LogP contribution in [0.1, 0.15) is 32.1 Å². The monoisotopic (exact) mass is 397 g/mol. The minimum atomic E-state index is 0.545. The van der Waals surface area contributed by atoms with E-state index in [0.717, 1.165) is 29.4 Å². The molecule has 4 aliphatic carbocycles. The lowest BCUT2D eigenvalue weighted by Crippen LogP contribution is -2.58. The second kappa shape index (κ2) is 6.73. The largest absolute Gasteiger partial charge is 0.342 e. The first-order valence-electron chi connectivity index (χ1n) is 11.5. The number of anilines is 1. The maximum Gasteiger partial charge on any atom is 0.198 e. The van der Waals surface area contributed by atoms with Crippen LogP contribution in [-0.4, -0.2) is 31.0 Å². The van der Waals surface area contributed by atoms with Gasteiger partial charge < -0.3 is 9.80 Å². The highest BCUT2D eigenvalue weighted by molar-refractivity contribution is 6.08. The van der Waals surface area contributed by atoms with Gasteiger partial charge in [-0.05, 0) is 90.1 Å². The Kier molecular flexibility index (Phi) is 4.09. The Bertz CT molecular complexity index is 1110. The number of nitrogens with zero attached hydrogens (tertiary/aromatic N) is 2. The molecule has 4 fully saturated rings. The molecule has 4 saturated carbocycles. The van der Waals surface area contributed by atoms with Crippen molar-refractivity contribution >= 4 is 33.2 Å². The zero-order valence-corrected chi connectivity index (χ0v) is 18.0. The van der Waals surface area contributed by atoms with Crippen LogP contribution >= 0.6 is 0 Å². The van der Waals surface area contributed by atoms with Crippen molar-refractivity contribution in [2.24, 2.45) is 23.7 Å². The summed E-state index contributed by atoms with van der Waals surface area (Å²) < 4.78 is 0. The Morgan fingerprint density at radius 3 is 2.03 bits per heavy atom. The number of hydrogen-bond donors (Lipinski definition) is 1. The Labute approximate surface area is 179 Å². The quantitative estimate of drug-likeness (QED) is 0.321. The van der Waals surface area contributed by atoms with E-state index in [2.05, 4.69) is 78.5 Å². The number of rotatable bonds is 2. The molecule has 3 nitrogen and oxygen atoms in total. The summed E-state index contributed by atoms with van der Waals surface area (Å²) in [4.78, 5) is 4.41. The van der Waals surface area contributed by atoms with Crippen LogP contribution in [0.3, 0.4) is 0 Å². The zero-order valence-electron chi connectivity index (χ0n) is 18.0. The first-order valence-corrected chi connectivity index (χ1v) is 11.5. The van der Waals surface area contributed by atoms with Crippen molar-refractivity contribution in [2.75, 3.05) is 19.0 Å². The van der Waals surface area contributed by atoms with E-state index in [1.54, 1.807) is 0 Å². The molecule has 0 aromatic heterocycles. The molecular formula is C27H31N3. The minimum Gasteiger partial charge on any atom is -0.342 e. The second-order valence-corrected chi connectivity index (χ2v) is 10.1. The lowest BCUT2D eigenvalue weighted by atomic mass is 9.54. The van der Waals surface area contributed by atoms with Crippen LogP contribution in [-0.2, 0) is 0 Å². The average molecular weight is 398 g/mol. The van der Waals surface area contributed by atoms with Gasteiger partial charge in [0.05, 0.1) is 5.69 Å². The van der Waals surface area contributed by atoms with E-state index in [4.69, 9.17) is 5.41 Å². The van der Waals surface area contributed by atoms with Gasteiger partial charge in [0.1, 0.15) is 0 Å². The summed E-state index contributed by atoms with van der Waals surface area (Å²) in [5.74, 6) is 4.15. The fourth-order valence-corrected chi connectivity index (χ4v) is 7.26. The molecule has 0 unspecified atom stereocenters. The summed E-state index contributed by atoms with van der Waals surface area (Å²) >= 11 is 0. The highest BCUT2D eigenvalue weighted by Crippen LogP contribution is 2.55. The summed E-state index contributed by atoms with van der Waals surface area (Å²) in [6.45, 7) is 0. The average Bonchev–Trinajstić information content (AvgIpc) is 2.75. The SMILES string of the molecule is CN(C(=N)N(C)C1C2CC3CC(C2)CC1C3)c1cccc2cc3ccccc3cc12. The standard InChI is InChI=1S/C27H31N3/c1-29(25-9-5-8-21-15-19-6-3-4-7-20(19)16-24(21)25)27(28)30(2)26-22-11-17-10-18(13-22)14-23(26)12-17/h3-9,15-18,22-23,26,28H,10-14H2,1-2H3. The van der Waals surface area contributed by atoms with E-state index in [9.17, 15) is 0 Å². The lowest BCUT2D eigenvalue weighted by molar-refractivity contribution is -0.0392. The van der Waals surface area contributed by atoms with E-state index in [1.807, 2.05) is 0 Å². The smallest absolute Gasteiger partial charge is 0.198 e. The van der Waals surface area contributed by atoms with Crippen molar-refractivity contribution in [1.29, 1.82) is 5.41 Å². The zero-order chi connectivity index (χ0) is 20.4. The molecule has 0 spiro atoms. The Morgan fingerprint density at radius 2 is 1.37 bits per heavy atom. The van der Waals surface area contributed by atoms with Crippen LogP contribution in [0.25, 0.3) is 21.5 Å². The van der Waals surface area contributed by atoms with E-state index in [0.29, 0.717) is 12.0 Å². The highest BCUT2D eigenvalue weighted by Gasteiger charge is 2.50. The fourth-order valence-electron chi connectivity index (χ4n) is 7.26. The van der Waals surface area contributed by atoms with Gasteiger partial charge in [-0.25, -0.2) is 0 Å². The Hall–Kier alpha value is -2.55. The van der Waals surface area contributed by atoms with Crippen LogP contribution < -0.4 is 4.90 Å². The summed E-state index contributed by atoms with van der Waals surface area (Å²) in [7, 11) is 4.24. The summed E-state index contributed by atoms with van der Waals surface area (Å²) in [6.07, 6.45) is 7.03. The van der Waals surface area contributed by atoms with Gasteiger partial charge in [-0.1, -0.05) is 36.4 Å². The fraction of sp³-hybridized carbons (Fsp3) is 0.444. The van der Waals surface area contributed by atoms with Crippen LogP contribution in [0.2, 0.25) is 0 Å². The van der Waals surface area contributed by atoms with Crippen LogP contribution in [0.5, 0.6) is 0 Å². The van der Waals surface area contributed by atoms with Crippen molar-refractivity contribution in [1.82, 2.24) is 4.90 Å². The Balaban J connectivity index is 1.33. The molecule has 30 heavy (non-hydrogen) atoms. The molecule has 3 aromatic carbocycles. The third kappa shape index (κ3) is 2.74.